The van der Waals surface area contributed by atoms with Gasteiger partial charge in [0, 0.05) is 30.5 Å². The monoisotopic (exact) mass is 292 g/mol. The summed E-state index contributed by atoms with van der Waals surface area (Å²) in [5.74, 6) is -1.29. The van der Waals surface area contributed by atoms with E-state index in [0.717, 1.165) is 24.4 Å². The van der Waals surface area contributed by atoms with Gasteiger partial charge in [0.15, 0.2) is 0 Å². The van der Waals surface area contributed by atoms with Gasteiger partial charge in [0.05, 0.1) is 11.5 Å². The van der Waals surface area contributed by atoms with E-state index in [1.807, 2.05) is 26.8 Å². The second-order valence-electron chi connectivity index (χ2n) is 5.95. The SMILES string of the molecule is CCn1c(C)cc(C(=O)N2CC(C(=O)O)CCC2C)c1C. The van der Waals surface area contributed by atoms with Crippen LogP contribution in [0.25, 0.3) is 0 Å². The van der Waals surface area contributed by atoms with Crippen molar-refractivity contribution in [2.24, 2.45) is 5.92 Å². The fraction of sp³-hybridized carbons (Fsp3) is 0.625. The van der Waals surface area contributed by atoms with Crippen LogP contribution >= 0.6 is 0 Å². The number of aryl methyl sites for hydroxylation is 1. The third-order valence-corrected chi connectivity index (χ3v) is 4.61. The number of aliphatic carboxylic acids is 1. The molecule has 0 spiro atoms. The van der Waals surface area contributed by atoms with Gasteiger partial charge in [-0.25, -0.2) is 0 Å². The van der Waals surface area contributed by atoms with Gasteiger partial charge in [0.2, 0.25) is 0 Å². The molecular weight excluding hydrogens is 268 g/mol. The number of rotatable bonds is 3. The van der Waals surface area contributed by atoms with Gasteiger partial charge < -0.3 is 14.6 Å². The predicted octanol–water partition coefficient (Wildman–Crippen LogP) is 2.45. The fourth-order valence-corrected chi connectivity index (χ4v) is 3.25. The van der Waals surface area contributed by atoms with Crippen molar-refractivity contribution in [2.75, 3.05) is 6.54 Å². The van der Waals surface area contributed by atoms with Gasteiger partial charge in [-0.1, -0.05) is 0 Å². The van der Waals surface area contributed by atoms with E-state index in [1.54, 1.807) is 4.90 Å². The Kier molecular flexibility index (Phi) is 4.40. The zero-order valence-corrected chi connectivity index (χ0v) is 13.2. The minimum Gasteiger partial charge on any atom is -0.481 e. The normalized spacial score (nSPS) is 22.4. The van der Waals surface area contributed by atoms with Crippen LogP contribution in [0.1, 0.15) is 48.4 Å². The topological polar surface area (TPSA) is 62.5 Å². The summed E-state index contributed by atoms with van der Waals surface area (Å²) in [6, 6.07) is 2.01. The molecule has 1 fully saturated rings. The first kappa shape index (κ1) is 15.6. The van der Waals surface area contributed by atoms with Gasteiger partial charge in [0.25, 0.3) is 5.91 Å². The highest BCUT2D eigenvalue weighted by Crippen LogP contribution is 2.26. The summed E-state index contributed by atoms with van der Waals surface area (Å²) >= 11 is 0. The molecule has 2 unspecified atom stereocenters. The van der Waals surface area contributed by atoms with Crippen LogP contribution < -0.4 is 0 Å². The number of carbonyl (C=O) groups is 2. The highest BCUT2D eigenvalue weighted by Gasteiger charge is 2.34. The van der Waals surface area contributed by atoms with Crippen molar-refractivity contribution in [1.29, 1.82) is 0 Å². The largest absolute Gasteiger partial charge is 0.481 e. The Labute approximate surface area is 125 Å². The summed E-state index contributed by atoms with van der Waals surface area (Å²) in [7, 11) is 0. The number of amides is 1. The van der Waals surface area contributed by atoms with E-state index < -0.39 is 11.9 Å². The molecule has 2 heterocycles. The maximum Gasteiger partial charge on any atom is 0.308 e. The van der Waals surface area contributed by atoms with Gasteiger partial charge in [-0.2, -0.15) is 0 Å². The first-order chi connectivity index (χ1) is 9.86. The Bertz CT molecular complexity index is 562. The molecule has 2 rings (SSSR count). The van der Waals surface area contributed by atoms with Crippen molar-refractivity contribution in [3.63, 3.8) is 0 Å². The molecule has 5 nitrogen and oxygen atoms in total. The van der Waals surface area contributed by atoms with Crippen molar-refractivity contribution in [3.05, 3.63) is 23.0 Å². The lowest BCUT2D eigenvalue weighted by molar-refractivity contribution is -0.143. The Morgan fingerprint density at radius 3 is 2.52 bits per heavy atom. The maximum absolute atomic E-state index is 12.8. The lowest BCUT2D eigenvalue weighted by atomic mass is 9.93. The first-order valence-corrected chi connectivity index (χ1v) is 7.57. The molecule has 1 aliphatic heterocycles. The molecule has 1 saturated heterocycles. The number of hydrogen-bond donors (Lipinski definition) is 1. The van der Waals surface area contributed by atoms with Crippen molar-refractivity contribution < 1.29 is 14.7 Å². The van der Waals surface area contributed by atoms with E-state index in [0.29, 0.717) is 18.5 Å². The molecule has 21 heavy (non-hydrogen) atoms. The van der Waals surface area contributed by atoms with Crippen molar-refractivity contribution in [3.8, 4) is 0 Å². The summed E-state index contributed by atoms with van der Waals surface area (Å²) in [6.45, 7) is 9.14. The second-order valence-corrected chi connectivity index (χ2v) is 5.95. The molecule has 5 heteroatoms. The fourth-order valence-electron chi connectivity index (χ4n) is 3.25. The zero-order chi connectivity index (χ0) is 15.7. The zero-order valence-electron chi connectivity index (χ0n) is 13.2. The smallest absolute Gasteiger partial charge is 0.308 e. The number of carboxylic acid groups (broad SMARTS) is 1. The Morgan fingerprint density at radius 2 is 2.00 bits per heavy atom. The van der Waals surface area contributed by atoms with Gasteiger partial charge >= 0.3 is 5.97 Å². The van der Waals surface area contributed by atoms with E-state index in [9.17, 15) is 14.7 Å². The van der Waals surface area contributed by atoms with E-state index in [-0.39, 0.29) is 11.9 Å². The molecule has 1 amide bonds. The summed E-state index contributed by atoms with van der Waals surface area (Å²) in [5.41, 5.74) is 2.73. The highest BCUT2D eigenvalue weighted by atomic mass is 16.4. The molecule has 1 N–H and O–H groups in total. The maximum atomic E-state index is 12.8. The molecule has 116 valence electrons. The second kappa shape index (κ2) is 5.92. The lowest BCUT2D eigenvalue weighted by Crippen LogP contribution is -2.47. The molecule has 0 aliphatic carbocycles. The standard InChI is InChI=1S/C16H24N2O3/c1-5-17-11(3)8-14(12(17)4)15(19)18-9-13(16(20)21)7-6-10(18)2/h8,10,13H,5-7,9H2,1-4H3,(H,20,21). The minimum atomic E-state index is -0.807. The molecule has 2 atom stereocenters. The van der Waals surface area contributed by atoms with Gasteiger partial charge in [-0.3, -0.25) is 9.59 Å². The number of hydrogen-bond acceptors (Lipinski definition) is 2. The van der Waals surface area contributed by atoms with E-state index >= 15 is 0 Å². The molecule has 0 aromatic carbocycles. The van der Waals surface area contributed by atoms with E-state index in [1.165, 1.54) is 0 Å². The molecule has 1 aromatic rings. The van der Waals surface area contributed by atoms with E-state index in [4.69, 9.17) is 0 Å². The van der Waals surface area contributed by atoms with Crippen LogP contribution in [0.15, 0.2) is 6.07 Å². The third kappa shape index (κ3) is 2.82. The van der Waals surface area contributed by atoms with E-state index in [2.05, 4.69) is 11.5 Å². The summed E-state index contributed by atoms with van der Waals surface area (Å²) in [5, 5.41) is 9.19. The summed E-state index contributed by atoms with van der Waals surface area (Å²) < 4.78 is 2.11. The van der Waals surface area contributed by atoms with Crippen LogP contribution in [-0.4, -0.2) is 39.0 Å². The average Bonchev–Trinajstić information content (AvgIpc) is 2.73. The number of nitrogens with zero attached hydrogens (tertiary/aromatic N) is 2. The quantitative estimate of drug-likeness (QED) is 0.930. The Balaban J connectivity index is 2.28. The molecule has 1 aliphatic rings. The molecule has 0 bridgehead atoms. The van der Waals surface area contributed by atoms with Crippen LogP contribution in [0, 0.1) is 19.8 Å². The average molecular weight is 292 g/mol. The van der Waals surface area contributed by atoms with Crippen molar-refractivity contribution in [2.45, 2.75) is 53.1 Å². The third-order valence-electron chi connectivity index (χ3n) is 4.61. The lowest BCUT2D eigenvalue weighted by Gasteiger charge is -2.36. The predicted molar refractivity (Wildman–Crippen MR) is 80.4 cm³/mol. The number of likely N-dealkylation sites (tertiary alicyclic amines) is 1. The Hall–Kier alpha value is -1.78. The Morgan fingerprint density at radius 1 is 1.33 bits per heavy atom. The highest BCUT2D eigenvalue weighted by molar-refractivity contribution is 5.96. The minimum absolute atomic E-state index is 0.0405. The van der Waals surface area contributed by atoms with Crippen molar-refractivity contribution >= 4 is 11.9 Å². The summed E-state index contributed by atoms with van der Waals surface area (Å²) in [4.78, 5) is 25.7. The van der Waals surface area contributed by atoms with Gasteiger partial charge in [-0.05, 0) is 46.6 Å². The van der Waals surface area contributed by atoms with Crippen LogP contribution in [0.5, 0.6) is 0 Å². The van der Waals surface area contributed by atoms with Crippen LogP contribution in [0.2, 0.25) is 0 Å². The van der Waals surface area contributed by atoms with Gasteiger partial charge in [0.1, 0.15) is 0 Å². The van der Waals surface area contributed by atoms with Crippen LogP contribution in [0.4, 0.5) is 0 Å². The number of carboxylic acids is 1. The summed E-state index contributed by atoms with van der Waals surface area (Å²) in [6.07, 6.45) is 1.39. The molecule has 1 aromatic heterocycles. The van der Waals surface area contributed by atoms with Crippen LogP contribution in [-0.2, 0) is 11.3 Å². The molecule has 0 radical (unpaired) electrons. The first-order valence-electron chi connectivity index (χ1n) is 7.57. The molecular formula is C16H24N2O3. The van der Waals surface area contributed by atoms with Crippen molar-refractivity contribution in [1.82, 2.24) is 9.47 Å². The molecule has 0 saturated carbocycles. The van der Waals surface area contributed by atoms with Gasteiger partial charge in [-0.15, -0.1) is 0 Å². The number of carbonyl (C=O) groups excluding carboxylic acids is 1. The van der Waals surface area contributed by atoms with Crippen LogP contribution in [0.3, 0.4) is 0 Å². The number of piperidine rings is 1. The number of aromatic nitrogens is 1.